The number of allylic oxidation sites excluding steroid dienone is 5. The van der Waals surface area contributed by atoms with E-state index in [1.807, 2.05) is 6.08 Å². The fourth-order valence-corrected chi connectivity index (χ4v) is 7.77. The van der Waals surface area contributed by atoms with Crippen LogP contribution in [0.1, 0.15) is 70.3 Å². The van der Waals surface area contributed by atoms with E-state index in [2.05, 4.69) is 63.7 Å². The van der Waals surface area contributed by atoms with Gasteiger partial charge in [-0.2, -0.15) is 0 Å². The summed E-state index contributed by atoms with van der Waals surface area (Å²) in [5.74, 6) is 2.86. The Bertz CT molecular complexity index is 978. The van der Waals surface area contributed by atoms with Gasteiger partial charge < -0.3 is 4.90 Å². The lowest BCUT2D eigenvalue weighted by Crippen LogP contribution is -2.43. The third-order valence-corrected chi connectivity index (χ3v) is 9.14. The number of anilines is 1. The average molecular weight is 416 g/mol. The van der Waals surface area contributed by atoms with E-state index in [1.54, 1.807) is 11.1 Å². The molecule has 3 unspecified atom stereocenters. The number of fused-ring (bicyclic) bond motifs is 4. The van der Waals surface area contributed by atoms with Gasteiger partial charge in [-0.1, -0.05) is 36.8 Å². The molecule has 31 heavy (non-hydrogen) atoms. The van der Waals surface area contributed by atoms with Gasteiger partial charge in [-0.3, -0.25) is 4.79 Å². The summed E-state index contributed by atoms with van der Waals surface area (Å²) in [4.78, 5) is 14.3. The molecule has 0 amide bonds. The molecule has 0 bridgehead atoms. The normalized spacial score (nSPS) is 34.6. The van der Waals surface area contributed by atoms with E-state index >= 15 is 0 Å². The predicted octanol–water partition coefficient (Wildman–Crippen LogP) is 6.84. The highest BCUT2D eigenvalue weighted by Crippen LogP contribution is 2.66. The Morgan fingerprint density at radius 3 is 2.48 bits per heavy atom. The summed E-state index contributed by atoms with van der Waals surface area (Å²) in [6.45, 7) is 9.24. The van der Waals surface area contributed by atoms with Gasteiger partial charge in [0.25, 0.3) is 0 Å². The summed E-state index contributed by atoms with van der Waals surface area (Å²) in [5, 5.41) is 0. The minimum atomic E-state index is 0.327. The van der Waals surface area contributed by atoms with Crippen LogP contribution >= 0.6 is 0 Å². The Labute approximate surface area is 188 Å². The SMILES string of the molecule is C=C(C)C1CCC2C3CCC4=CC(=O)CCC4=C3[C@@H](c3ccc(N(C)C)cc3)C[C@]12C. The van der Waals surface area contributed by atoms with Crippen molar-refractivity contribution < 1.29 is 4.79 Å². The number of ketones is 1. The van der Waals surface area contributed by atoms with Gasteiger partial charge in [0.2, 0.25) is 0 Å². The molecule has 0 aromatic heterocycles. The Kier molecular flexibility index (Phi) is 5.03. The second-order valence-corrected chi connectivity index (χ2v) is 11.0. The first kappa shape index (κ1) is 20.8. The first-order valence-electron chi connectivity index (χ1n) is 12.2. The van der Waals surface area contributed by atoms with Crippen LogP contribution in [-0.2, 0) is 4.79 Å². The molecule has 164 valence electrons. The number of nitrogens with zero attached hydrogens (tertiary/aromatic N) is 1. The third-order valence-electron chi connectivity index (χ3n) is 9.14. The van der Waals surface area contributed by atoms with Crippen molar-refractivity contribution in [3.8, 4) is 0 Å². The molecule has 5 atom stereocenters. The van der Waals surface area contributed by atoms with Crippen LogP contribution in [0, 0.1) is 23.2 Å². The fourth-order valence-electron chi connectivity index (χ4n) is 7.77. The summed E-state index contributed by atoms with van der Waals surface area (Å²) in [5.41, 5.74) is 9.04. The average Bonchev–Trinajstić information content (AvgIpc) is 3.10. The van der Waals surface area contributed by atoms with Crippen LogP contribution in [0.2, 0.25) is 0 Å². The number of rotatable bonds is 3. The molecule has 0 N–H and O–H groups in total. The zero-order chi connectivity index (χ0) is 21.9. The second-order valence-electron chi connectivity index (χ2n) is 11.0. The Morgan fingerprint density at radius 2 is 1.81 bits per heavy atom. The van der Waals surface area contributed by atoms with Crippen molar-refractivity contribution >= 4 is 11.5 Å². The molecule has 2 nitrogen and oxygen atoms in total. The molecular weight excluding hydrogens is 378 g/mol. The van der Waals surface area contributed by atoms with Crippen LogP contribution < -0.4 is 4.90 Å². The first-order valence-corrected chi connectivity index (χ1v) is 12.2. The third kappa shape index (κ3) is 3.25. The highest BCUT2D eigenvalue weighted by molar-refractivity contribution is 5.93. The molecule has 2 fully saturated rings. The van der Waals surface area contributed by atoms with E-state index in [4.69, 9.17) is 0 Å². The number of hydrogen-bond acceptors (Lipinski definition) is 2. The molecule has 0 spiro atoms. The van der Waals surface area contributed by atoms with Gasteiger partial charge in [-0.15, -0.1) is 0 Å². The number of carbonyl (C=O) groups excluding carboxylic acids is 1. The summed E-state index contributed by atoms with van der Waals surface area (Å²) >= 11 is 0. The van der Waals surface area contributed by atoms with Crippen molar-refractivity contribution in [2.24, 2.45) is 23.2 Å². The van der Waals surface area contributed by atoms with E-state index in [9.17, 15) is 4.79 Å². The molecule has 2 saturated carbocycles. The lowest BCUT2D eigenvalue weighted by molar-refractivity contribution is -0.114. The van der Waals surface area contributed by atoms with Gasteiger partial charge >= 0.3 is 0 Å². The largest absolute Gasteiger partial charge is 0.378 e. The molecule has 0 saturated heterocycles. The minimum Gasteiger partial charge on any atom is -0.378 e. The van der Waals surface area contributed by atoms with Gasteiger partial charge in [0.1, 0.15) is 0 Å². The molecule has 2 heteroatoms. The molecule has 0 radical (unpaired) electrons. The maximum Gasteiger partial charge on any atom is 0.156 e. The van der Waals surface area contributed by atoms with Crippen molar-refractivity contribution in [2.75, 3.05) is 19.0 Å². The quantitative estimate of drug-likeness (QED) is 0.503. The Morgan fingerprint density at radius 1 is 1.06 bits per heavy atom. The Balaban J connectivity index is 1.65. The maximum atomic E-state index is 12.2. The molecule has 4 aliphatic rings. The van der Waals surface area contributed by atoms with Crippen LogP contribution in [0.5, 0.6) is 0 Å². The molecule has 0 aliphatic heterocycles. The summed E-state index contributed by atoms with van der Waals surface area (Å²) in [6, 6.07) is 9.29. The maximum absolute atomic E-state index is 12.2. The minimum absolute atomic E-state index is 0.327. The van der Waals surface area contributed by atoms with E-state index in [0.717, 1.165) is 18.8 Å². The number of benzene rings is 1. The van der Waals surface area contributed by atoms with Crippen molar-refractivity contribution in [2.45, 2.75) is 64.7 Å². The summed E-state index contributed by atoms with van der Waals surface area (Å²) < 4.78 is 0. The van der Waals surface area contributed by atoms with Crippen molar-refractivity contribution in [1.82, 2.24) is 0 Å². The van der Waals surface area contributed by atoms with Crippen LogP contribution in [0.15, 0.2) is 59.2 Å². The number of carbonyl (C=O) groups is 1. The van der Waals surface area contributed by atoms with Crippen molar-refractivity contribution in [3.05, 3.63) is 64.8 Å². The Hall–Kier alpha value is -2.09. The molecule has 4 aliphatic carbocycles. The van der Waals surface area contributed by atoms with Crippen molar-refractivity contribution in [3.63, 3.8) is 0 Å². The molecule has 1 aromatic carbocycles. The lowest BCUT2D eigenvalue weighted by atomic mass is 9.51. The lowest BCUT2D eigenvalue weighted by Gasteiger charge is -2.53. The fraction of sp³-hybridized carbons (Fsp3) is 0.552. The van der Waals surface area contributed by atoms with Crippen molar-refractivity contribution in [1.29, 1.82) is 0 Å². The van der Waals surface area contributed by atoms with Crippen LogP contribution in [-0.4, -0.2) is 19.9 Å². The van der Waals surface area contributed by atoms with Gasteiger partial charge in [0.05, 0.1) is 0 Å². The summed E-state index contributed by atoms with van der Waals surface area (Å²) in [7, 11) is 4.21. The van der Waals surface area contributed by atoms with Crippen LogP contribution in [0.25, 0.3) is 0 Å². The van der Waals surface area contributed by atoms with Gasteiger partial charge in [0.15, 0.2) is 5.78 Å². The van der Waals surface area contributed by atoms with E-state index < -0.39 is 0 Å². The topological polar surface area (TPSA) is 20.3 Å². The predicted molar refractivity (Wildman–Crippen MR) is 129 cm³/mol. The number of hydrogen-bond donors (Lipinski definition) is 0. The molecule has 1 aromatic rings. The van der Waals surface area contributed by atoms with E-state index in [0.29, 0.717) is 35.4 Å². The monoisotopic (exact) mass is 415 g/mol. The smallest absolute Gasteiger partial charge is 0.156 e. The standard InChI is InChI=1S/C29H37NO/c1-18(2)26-14-15-27-24-12-8-20-16-22(31)11-13-23(20)28(24)25(17-29(26,27)3)19-6-9-21(10-7-19)30(4)5/h6-7,9-10,16,24-27H,1,8,11-15,17H2,2-5H3/t24?,25-,26?,27?,29-/m1/s1. The van der Waals surface area contributed by atoms with Gasteiger partial charge in [0, 0.05) is 32.1 Å². The molecule has 0 heterocycles. The van der Waals surface area contributed by atoms with Crippen LogP contribution in [0.3, 0.4) is 0 Å². The van der Waals surface area contributed by atoms with Gasteiger partial charge in [-0.05, 0) is 104 Å². The van der Waals surface area contributed by atoms with E-state index in [-0.39, 0.29) is 0 Å². The van der Waals surface area contributed by atoms with Crippen LogP contribution in [0.4, 0.5) is 5.69 Å². The molecule has 5 rings (SSSR count). The van der Waals surface area contributed by atoms with E-state index in [1.165, 1.54) is 48.1 Å². The second kappa shape index (κ2) is 7.50. The zero-order valence-electron chi connectivity index (χ0n) is 19.7. The summed E-state index contributed by atoms with van der Waals surface area (Å²) in [6.07, 6.45) is 9.77. The zero-order valence-corrected chi connectivity index (χ0v) is 19.7. The molecular formula is C29H37NO. The first-order chi connectivity index (χ1) is 14.8. The highest BCUT2D eigenvalue weighted by Gasteiger charge is 2.56. The highest BCUT2D eigenvalue weighted by atomic mass is 16.1. The van der Waals surface area contributed by atoms with Gasteiger partial charge in [-0.25, -0.2) is 0 Å².